The van der Waals surface area contributed by atoms with Crippen molar-refractivity contribution < 1.29 is 13.2 Å². The number of aromatic amines is 1. The van der Waals surface area contributed by atoms with Crippen molar-refractivity contribution in [2.75, 3.05) is 13.1 Å². The van der Waals surface area contributed by atoms with Crippen molar-refractivity contribution in [2.45, 2.75) is 31.4 Å². The normalized spacial score (nSPS) is 21.0. The standard InChI is InChI=1S/C10H14F3N3/c1-9(2-4-14-5-3-9)8-15-6-7(16-8)10(11,12)13/h6,14H,2-5H2,1H3,(H,15,16). The molecule has 1 aromatic heterocycles. The fraction of sp³-hybridized carbons (Fsp3) is 0.700. The highest BCUT2D eigenvalue weighted by Gasteiger charge is 2.37. The molecule has 1 fully saturated rings. The molecule has 0 amide bonds. The summed E-state index contributed by atoms with van der Waals surface area (Å²) in [7, 11) is 0. The highest BCUT2D eigenvalue weighted by atomic mass is 19.4. The van der Waals surface area contributed by atoms with Crippen LogP contribution in [0.1, 0.15) is 31.3 Å². The summed E-state index contributed by atoms with van der Waals surface area (Å²) < 4.78 is 37.2. The summed E-state index contributed by atoms with van der Waals surface area (Å²) in [5.41, 5.74) is -1.03. The first-order valence-corrected chi connectivity index (χ1v) is 5.25. The second kappa shape index (κ2) is 3.76. The van der Waals surface area contributed by atoms with E-state index < -0.39 is 11.9 Å². The van der Waals surface area contributed by atoms with E-state index in [2.05, 4.69) is 15.3 Å². The zero-order chi connectivity index (χ0) is 11.8. The molecule has 1 aliphatic heterocycles. The monoisotopic (exact) mass is 233 g/mol. The number of nitrogens with zero attached hydrogens (tertiary/aromatic N) is 1. The van der Waals surface area contributed by atoms with Gasteiger partial charge in [0.05, 0.1) is 6.20 Å². The van der Waals surface area contributed by atoms with E-state index in [0.717, 1.165) is 32.1 Å². The quantitative estimate of drug-likeness (QED) is 0.779. The maximum atomic E-state index is 12.4. The largest absolute Gasteiger partial charge is 0.432 e. The van der Waals surface area contributed by atoms with E-state index in [4.69, 9.17) is 0 Å². The maximum Gasteiger partial charge on any atom is 0.432 e. The van der Waals surface area contributed by atoms with Crippen molar-refractivity contribution in [1.29, 1.82) is 0 Å². The zero-order valence-corrected chi connectivity index (χ0v) is 8.99. The average molecular weight is 233 g/mol. The first-order chi connectivity index (χ1) is 7.42. The molecule has 1 saturated heterocycles. The minimum Gasteiger partial charge on any atom is -0.338 e. The molecule has 2 N–H and O–H groups in total. The van der Waals surface area contributed by atoms with Crippen LogP contribution in [0.5, 0.6) is 0 Å². The highest BCUT2D eigenvalue weighted by Crippen LogP contribution is 2.34. The Bertz CT molecular complexity index is 364. The molecule has 0 saturated carbocycles. The number of alkyl halides is 3. The summed E-state index contributed by atoms with van der Waals surface area (Å²) in [6.07, 6.45) is -1.85. The van der Waals surface area contributed by atoms with Crippen molar-refractivity contribution in [3.05, 3.63) is 17.7 Å². The Morgan fingerprint density at radius 3 is 2.44 bits per heavy atom. The van der Waals surface area contributed by atoms with E-state index in [-0.39, 0.29) is 5.41 Å². The Morgan fingerprint density at radius 2 is 1.94 bits per heavy atom. The van der Waals surface area contributed by atoms with Gasteiger partial charge in [-0.25, -0.2) is 4.98 Å². The Morgan fingerprint density at radius 1 is 1.31 bits per heavy atom. The highest BCUT2D eigenvalue weighted by molar-refractivity contribution is 5.14. The molecule has 3 nitrogen and oxygen atoms in total. The van der Waals surface area contributed by atoms with Gasteiger partial charge in [0, 0.05) is 5.41 Å². The fourth-order valence-electron chi connectivity index (χ4n) is 1.99. The number of halogens is 3. The predicted octanol–water partition coefficient (Wildman–Crippen LogP) is 2.07. The number of aromatic nitrogens is 2. The number of hydrogen-bond acceptors (Lipinski definition) is 2. The number of nitrogens with one attached hydrogen (secondary N) is 2. The molecule has 1 aliphatic rings. The molecule has 1 aromatic rings. The lowest BCUT2D eigenvalue weighted by Crippen LogP contribution is -2.38. The van der Waals surface area contributed by atoms with Gasteiger partial charge < -0.3 is 10.3 Å². The van der Waals surface area contributed by atoms with Crippen molar-refractivity contribution in [2.24, 2.45) is 0 Å². The first kappa shape index (κ1) is 11.4. The summed E-state index contributed by atoms with van der Waals surface area (Å²) in [6.45, 7) is 3.59. The first-order valence-electron chi connectivity index (χ1n) is 5.25. The van der Waals surface area contributed by atoms with E-state index in [9.17, 15) is 13.2 Å². The van der Waals surface area contributed by atoms with Crippen LogP contribution in [0.15, 0.2) is 6.20 Å². The summed E-state index contributed by atoms with van der Waals surface area (Å²) in [5, 5.41) is 3.18. The molecule has 0 atom stereocenters. The number of H-pyrrole nitrogens is 1. The molecule has 0 spiro atoms. The summed E-state index contributed by atoms with van der Waals surface area (Å²) in [4.78, 5) is 6.27. The van der Waals surface area contributed by atoms with Gasteiger partial charge in [0.1, 0.15) is 11.5 Å². The number of piperidine rings is 1. The third-order valence-electron chi connectivity index (χ3n) is 3.16. The molecular formula is C10H14F3N3. The van der Waals surface area contributed by atoms with Gasteiger partial charge in [0.2, 0.25) is 0 Å². The number of rotatable bonds is 1. The van der Waals surface area contributed by atoms with E-state index in [0.29, 0.717) is 5.82 Å². The number of imidazole rings is 1. The van der Waals surface area contributed by atoms with Crippen molar-refractivity contribution in [3.63, 3.8) is 0 Å². The van der Waals surface area contributed by atoms with E-state index in [1.54, 1.807) is 0 Å². The van der Waals surface area contributed by atoms with Gasteiger partial charge in [-0.15, -0.1) is 0 Å². The lowest BCUT2D eigenvalue weighted by Gasteiger charge is -2.32. The summed E-state index contributed by atoms with van der Waals surface area (Å²) in [5.74, 6) is 0.446. The van der Waals surface area contributed by atoms with Crippen LogP contribution < -0.4 is 5.32 Å². The molecule has 0 bridgehead atoms. The molecule has 6 heteroatoms. The second-order valence-electron chi connectivity index (χ2n) is 4.45. The molecule has 0 aliphatic carbocycles. The lowest BCUT2D eigenvalue weighted by molar-refractivity contribution is -0.141. The van der Waals surface area contributed by atoms with E-state index in [1.165, 1.54) is 0 Å². The number of hydrogen-bond donors (Lipinski definition) is 2. The van der Waals surface area contributed by atoms with Gasteiger partial charge in [-0.1, -0.05) is 6.92 Å². The molecular weight excluding hydrogens is 219 g/mol. The molecule has 0 radical (unpaired) electrons. The Balaban J connectivity index is 2.24. The summed E-state index contributed by atoms with van der Waals surface area (Å²) >= 11 is 0. The second-order valence-corrected chi connectivity index (χ2v) is 4.45. The third-order valence-corrected chi connectivity index (χ3v) is 3.16. The molecule has 0 aromatic carbocycles. The van der Waals surface area contributed by atoms with E-state index in [1.807, 2.05) is 6.92 Å². The van der Waals surface area contributed by atoms with Crippen LogP contribution in [0.3, 0.4) is 0 Å². The SMILES string of the molecule is CC1(c2ncc(C(F)(F)F)[nH]2)CCNCC1. The molecule has 90 valence electrons. The van der Waals surface area contributed by atoms with Crippen LogP contribution in [-0.2, 0) is 11.6 Å². The fourth-order valence-corrected chi connectivity index (χ4v) is 1.99. The smallest absolute Gasteiger partial charge is 0.338 e. The minimum absolute atomic E-state index is 0.269. The van der Waals surface area contributed by atoms with E-state index >= 15 is 0 Å². The van der Waals surface area contributed by atoms with Crippen LogP contribution >= 0.6 is 0 Å². The van der Waals surface area contributed by atoms with Crippen LogP contribution in [0, 0.1) is 0 Å². The lowest BCUT2D eigenvalue weighted by atomic mass is 9.80. The van der Waals surface area contributed by atoms with Crippen LogP contribution in [0.2, 0.25) is 0 Å². The zero-order valence-electron chi connectivity index (χ0n) is 8.99. The maximum absolute atomic E-state index is 12.4. The summed E-state index contributed by atoms with van der Waals surface area (Å²) in [6, 6.07) is 0. The Hall–Kier alpha value is -1.04. The Kier molecular flexibility index (Phi) is 2.69. The van der Waals surface area contributed by atoms with Gasteiger partial charge in [0.25, 0.3) is 0 Å². The molecule has 0 unspecified atom stereocenters. The molecule has 2 rings (SSSR count). The van der Waals surface area contributed by atoms with Crippen molar-refractivity contribution in [3.8, 4) is 0 Å². The third kappa shape index (κ3) is 2.07. The van der Waals surface area contributed by atoms with Gasteiger partial charge >= 0.3 is 6.18 Å². The predicted molar refractivity (Wildman–Crippen MR) is 53.0 cm³/mol. The Labute approximate surface area is 91.5 Å². The van der Waals surface area contributed by atoms with Crippen molar-refractivity contribution in [1.82, 2.24) is 15.3 Å². The van der Waals surface area contributed by atoms with Gasteiger partial charge in [-0.2, -0.15) is 13.2 Å². The van der Waals surface area contributed by atoms with Gasteiger partial charge in [-0.05, 0) is 25.9 Å². The molecule has 16 heavy (non-hydrogen) atoms. The van der Waals surface area contributed by atoms with Gasteiger partial charge in [-0.3, -0.25) is 0 Å². The molecule has 2 heterocycles. The van der Waals surface area contributed by atoms with Crippen LogP contribution in [0.4, 0.5) is 13.2 Å². The topological polar surface area (TPSA) is 40.7 Å². The van der Waals surface area contributed by atoms with Crippen molar-refractivity contribution >= 4 is 0 Å². The average Bonchev–Trinajstić information content (AvgIpc) is 2.67. The van der Waals surface area contributed by atoms with Crippen LogP contribution in [0.25, 0.3) is 0 Å². The minimum atomic E-state index is -4.34. The van der Waals surface area contributed by atoms with Gasteiger partial charge in [0.15, 0.2) is 0 Å². The van der Waals surface area contributed by atoms with Crippen LogP contribution in [-0.4, -0.2) is 23.1 Å².